The molecule has 5 heteroatoms. The van der Waals surface area contributed by atoms with Gasteiger partial charge >= 0.3 is 0 Å². The van der Waals surface area contributed by atoms with E-state index in [1.54, 1.807) is 0 Å². The summed E-state index contributed by atoms with van der Waals surface area (Å²) in [5.41, 5.74) is 8.62. The van der Waals surface area contributed by atoms with Crippen LogP contribution in [0.2, 0.25) is 0 Å². The molecule has 5 nitrogen and oxygen atoms in total. The van der Waals surface area contributed by atoms with E-state index in [4.69, 9.17) is 5.73 Å². The summed E-state index contributed by atoms with van der Waals surface area (Å²) >= 11 is 0. The number of aryl methyl sites for hydroxylation is 1. The van der Waals surface area contributed by atoms with Crippen molar-refractivity contribution in [2.24, 2.45) is 0 Å². The molecule has 1 saturated heterocycles. The van der Waals surface area contributed by atoms with E-state index in [2.05, 4.69) is 48.1 Å². The number of nitrogen functional groups attached to an aromatic ring is 1. The molecule has 1 aliphatic heterocycles. The third-order valence-electron chi connectivity index (χ3n) is 4.66. The Morgan fingerprint density at radius 1 is 1.26 bits per heavy atom. The highest BCUT2D eigenvalue weighted by atomic mass is 16.2. The van der Waals surface area contributed by atoms with E-state index in [0.717, 1.165) is 19.4 Å². The third-order valence-corrected chi connectivity index (χ3v) is 4.66. The average molecular weight is 310 g/mol. The predicted molar refractivity (Wildman–Crippen MR) is 90.1 cm³/mol. The zero-order chi connectivity index (χ0) is 16.4. The molecule has 0 radical (unpaired) electrons. The van der Waals surface area contributed by atoms with Crippen molar-refractivity contribution >= 4 is 11.7 Å². The standard InChI is InChI=1S/C18H22N4O/c1-3-15-14(13-6-4-12(2)5-7-13)8-11-22(15)18(23)16-17(19)21-10-9-20-16/h4-7,9-10,14-15H,3,8,11H2,1-2H3,(H2,19,21). The van der Waals surface area contributed by atoms with Crippen LogP contribution in [0.3, 0.4) is 0 Å². The van der Waals surface area contributed by atoms with Crippen LogP contribution in [0.15, 0.2) is 36.7 Å². The van der Waals surface area contributed by atoms with Crippen molar-refractivity contribution in [3.05, 3.63) is 53.5 Å². The number of carbonyl (C=O) groups excluding carboxylic acids is 1. The molecule has 1 amide bonds. The van der Waals surface area contributed by atoms with E-state index in [1.807, 2.05) is 4.90 Å². The van der Waals surface area contributed by atoms with Crippen molar-refractivity contribution in [1.29, 1.82) is 0 Å². The Hall–Kier alpha value is -2.43. The molecule has 23 heavy (non-hydrogen) atoms. The van der Waals surface area contributed by atoms with E-state index < -0.39 is 0 Å². The number of hydrogen-bond acceptors (Lipinski definition) is 4. The van der Waals surface area contributed by atoms with Gasteiger partial charge in [-0.3, -0.25) is 4.79 Å². The number of likely N-dealkylation sites (tertiary alicyclic amines) is 1. The molecule has 2 atom stereocenters. The molecule has 2 heterocycles. The van der Waals surface area contributed by atoms with Gasteiger partial charge in [0.1, 0.15) is 0 Å². The van der Waals surface area contributed by atoms with Gasteiger partial charge in [-0.15, -0.1) is 0 Å². The number of carbonyl (C=O) groups is 1. The number of nitrogens with zero attached hydrogens (tertiary/aromatic N) is 3. The Balaban J connectivity index is 1.86. The second kappa shape index (κ2) is 6.36. The fourth-order valence-electron chi connectivity index (χ4n) is 3.46. The summed E-state index contributed by atoms with van der Waals surface area (Å²) in [6, 6.07) is 8.78. The SMILES string of the molecule is CCC1C(c2ccc(C)cc2)CCN1C(=O)c1nccnc1N. The van der Waals surface area contributed by atoms with Gasteiger partial charge in [0.2, 0.25) is 0 Å². The second-order valence-electron chi connectivity index (χ2n) is 6.07. The van der Waals surface area contributed by atoms with Crippen LogP contribution < -0.4 is 5.73 Å². The topological polar surface area (TPSA) is 72.1 Å². The maximum atomic E-state index is 12.8. The number of rotatable bonds is 3. The van der Waals surface area contributed by atoms with Crippen LogP contribution in [0.25, 0.3) is 0 Å². The molecule has 1 aliphatic rings. The Morgan fingerprint density at radius 3 is 2.61 bits per heavy atom. The Labute approximate surface area is 136 Å². The molecular weight excluding hydrogens is 288 g/mol. The largest absolute Gasteiger partial charge is 0.382 e. The molecule has 1 fully saturated rings. The molecule has 2 unspecified atom stereocenters. The molecule has 2 N–H and O–H groups in total. The van der Waals surface area contributed by atoms with Gasteiger partial charge in [-0.25, -0.2) is 9.97 Å². The van der Waals surface area contributed by atoms with Crippen LogP contribution in [0, 0.1) is 6.92 Å². The molecule has 0 saturated carbocycles. The van der Waals surface area contributed by atoms with Crippen LogP contribution in [0.4, 0.5) is 5.82 Å². The maximum absolute atomic E-state index is 12.8. The van der Waals surface area contributed by atoms with Crippen molar-refractivity contribution in [2.45, 2.75) is 38.6 Å². The summed E-state index contributed by atoms with van der Waals surface area (Å²) in [4.78, 5) is 22.8. The van der Waals surface area contributed by atoms with Gasteiger partial charge in [0.15, 0.2) is 11.5 Å². The minimum absolute atomic E-state index is 0.114. The highest BCUT2D eigenvalue weighted by Crippen LogP contribution is 2.36. The Morgan fingerprint density at radius 2 is 1.96 bits per heavy atom. The number of hydrogen-bond donors (Lipinski definition) is 1. The molecule has 3 rings (SSSR count). The van der Waals surface area contributed by atoms with Crippen LogP contribution in [0.5, 0.6) is 0 Å². The van der Waals surface area contributed by atoms with E-state index in [9.17, 15) is 4.79 Å². The summed E-state index contributed by atoms with van der Waals surface area (Å²) in [7, 11) is 0. The number of anilines is 1. The smallest absolute Gasteiger partial charge is 0.276 e. The minimum atomic E-state index is -0.114. The van der Waals surface area contributed by atoms with Crippen molar-refractivity contribution in [3.8, 4) is 0 Å². The number of benzene rings is 1. The number of aromatic nitrogens is 2. The van der Waals surface area contributed by atoms with Crippen molar-refractivity contribution in [3.63, 3.8) is 0 Å². The molecule has 0 bridgehead atoms. The average Bonchev–Trinajstić information content (AvgIpc) is 2.99. The molecular formula is C18H22N4O. The lowest BCUT2D eigenvalue weighted by Gasteiger charge is -2.27. The lowest BCUT2D eigenvalue weighted by Crippen LogP contribution is -2.38. The lowest BCUT2D eigenvalue weighted by molar-refractivity contribution is 0.0722. The van der Waals surface area contributed by atoms with Gasteiger partial charge < -0.3 is 10.6 Å². The third kappa shape index (κ3) is 2.91. The van der Waals surface area contributed by atoms with Gasteiger partial charge in [0.05, 0.1) is 0 Å². The van der Waals surface area contributed by atoms with Crippen LogP contribution in [-0.2, 0) is 0 Å². The Kier molecular flexibility index (Phi) is 4.28. The monoisotopic (exact) mass is 310 g/mol. The first-order valence-electron chi connectivity index (χ1n) is 8.05. The summed E-state index contributed by atoms with van der Waals surface area (Å²) < 4.78 is 0. The fourth-order valence-corrected chi connectivity index (χ4v) is 3.46. The number of amides is 1. The first-order chi connectivity index (χ1) is 11.1. The minimum Gasteiger partial charge on any atom is -0.382 e. The Bertz CT molecular complexity index is 698. The normalized spacial score (nSPS) is 20.7. The summed E-state index contributed by atoms with van der Waals surface area (Å²) in [6.45, 7) is 4.94. The molecule has 0 aliphatic carbocycles. The highest BCUT2D eigenvalue weighted by Gasteiger charge is 2.37. The summed E-state index contributed by atoms with van der Waals surface area (Å²) in [5.74, 6) is 0.450. The first-order valence-corrected chi connectivity index (χ1v) is 8.05. The van der Waals surface area contributed by atoms with E-state index in [1.165, 1.54) is 23.5 Å². The summed E-state index contributed by atoms with van der Waals surface area (Å²) in [6.07, 6.45) is 4.89. The van der Waals surface area contributed by atoms with Gasteiger partial charge in [-0.05, 0) is 25.3 Å². The van der Waals surface area contributed by atoms with Crippen LogP contribution >= 0.6 is 0 Å². The molecule has 0 spiro atoms. The van der Waals surface area contributed by atoms with E-state index in [-0.39, 0.29) is 23.5 Å². The van der Waals surface area contributed by atoms with Gasteiger partial charge in [-0.2, -0.15) is 0 Å². The predicted octanol–water partition coefficient (Wildman–Crippen LogP) is 2.78. The highest BCUT2D eigenvalue weighted by molar-refractivity contribution is 5.96. The fraction of sp³-hybridized carbons (Fsp3) is 0.389. The molecule has 1 aromatic heterocycles. The van der Waals surface area contributed by atoms with Crippen molar-refractivity contribution in [1.82, 2.24) is 14.9 Å². The van der Waals surface area contributed by atoms with Gasteiger partial charge in [0, 0.05) is 30.9 Å². The van der Waals surface area contributed by atoms with Crippen LogP contribution in [-0.4, -0.2) is 33.4 Å². The second-order valence-corrected chi connectivity index (χ2v) is 6.07. The maximum Gasteiger partial charge on any atom is 0.276 e. The quantitative estimate of drug-likeness (QED) is 0.946. The molecule has 2 aromatic rings. The first kappa shape index (κ1) is 15.5. The van der Waals surface area contributed by atoms with Crippen LogP contribution in [0.1, 0.15) is 47.3 Å². The lowest BCUT2D eigenvalue weighted by atomic mass is 9.90. The van der Waals surface area contributed by atoms with E-state index in [0.29, 0.717) is 5.92 Å². The number of nitrogens with two attached hydrogens (primary N) is 1. The molecule has 1 aromatic carbocycles. The summed E-state index contributed by atoms with van der Waals surface area (Å²) in [5, 5.41) is 0. The van der Waals surface area contributed by atoms with Crippen molar-refractivity contribution in [2.75, 3.05) is 12.3 Å². The zero-order valence-electron chi connectivity index (χ0n) is 13.6. The van der Waals surface area contributed by atoms with Gasteiger partial charge in [0.25, 0.3) is 5.91 Å². The molecule has 120 valence electrons. The van der Waals surface area contributed by atoms with Gasteiger partial charge in [-0.1, -0.05) is 36.8 Å². The zero-order valence-corrected chi connectivity index (χ0v) is 13.6. The van der Waals surface area contributed by atoms with Crippen molar-refractivity contribution < 1.29 is 4.79 Å². The van der Waals surface area contributed by atoms with E-state index >= 15 is 0 Å².